The largest absolute Gasteiger partial charge is 0.247 e. The maximum atomic E-state index is 12.7. The van der Waals surface area contributed by atoms with Gasteiger partial charge in [-0.2, -0.15) is 0 Å². The van der Waals surface area contributed by atoms with Crippen molar-refractivity contribution >= 4 is 38.9 Å². The van der Waals surface area contributed by atoms with Crippen molar-refractivity contribution in [2.24, 2.45) is 0 Å². The van der Waals surface area contributed by atoms with Crippen LogP contribution in [0.2, 0.25) is 0 Å². The molecule has 0 radical (unpaired) electrons. The van der Waals surface area contributed by atoms with E-state index in [1.807, 2.05) is 13.0 Å². The Hall–Kier alpha value is 0.330. The minimum absolute atomic E-state index is 0.319. The summed E-state index contributed by atoms with van der Waals surface area (Å²) in [6.45, 7) is 2.80. The average molecular weight is 304 g/mol. The Bertz CT molecular complexity index is 300. The zero-order chi connectivity index (χ0) is 10.9. The molecule has 1 aromatic rings. The van der Waals surface area contributed by atoms with Crippen LogP contribution in [0.5, 0.6) is 0 Å². The first-order chi connectivity index (χ1) is 6.29. The third-order valence-corrected chi connectivity index (χ3v) is 4.49. The van der Waals surface area contributed by atoms with E-state index in [4.69, 9.17) is 11.6 Å². The quantitative estimate of drug-likeness (QED) is 0.678. The zero-order valence-electron chi connectivity index (χ0n) is 7.78. The van der Waals surface area contributed by atoms with E-state index in [9.17, 15) is 8.78 Å². The second kappa shape index (κ2) is 4.45. The summed E-state index contributed by atoms with van der Waals surface area (Å²) in [5, 5.41) is -0.606. The lowest BCUT2D eigenvalue weighted by Crippen LogP contribution is -2.11. The van der Waals surface area contributed by atoms with Gasteiger partial charge in [0.25, 0.3) is 0 Å². The van der Waals surface area contributed by atoms with E-state index in [0.29, 0.717) is 0 Å². The highest BCUT2D eigenvalue weighted by molar-refractivity contribution is 9.11. The summed E-state index contributed by atoms with van der Waals surface area (Å²) in [7, 11) is 0. The minimum atomic E-state index is -2.71. The molecule has 0 aromatic carbocycles. The SMILES string of the molecule is Cc1cc(C(Cl)CC(C)(F)F)sc1Br. The number of rotatable bonds is 3. The summed E-state index contributed by atoms with van der Waals surface area (Å²) in [5.74, 6) is -2.71. The van der Waals surface area contributed by atoms with E-state index in [0.717, 1.165) is 21.2 Å². The Balaban J connectivity index is 2.75. The van der Waals surface area contributed by atoms with Gasteiger partial charge >= 0.3 is 0 Å². The molecule has 0 nitrogen and oxygen atoms in total. The molecule has 0 spiro atoms. The smallest absolute Gasteiger partial charge is 0.207 e. The van der Waals surface area contributed by atoms with Gasteiger partial charge in [-0.05, 0) is 41.4 Å². The molecule has 80 valence electrons. The summed E-state index contributed by atoms with van der Waals surface area (Å²) < 4.78 is 26.3. The van der Waals surface area contributed by atoms with Gasteiger partial charge in [-0.25, -0.2) is 8.78 Å². The van der Waals surface area contributed by atoms with Gasteiger partial charge in [0, 0.05) is 11.3 Å². The molecule has 14 heavy (non-hydrogen) atoms. The molecule has 0 aliphatic heterocycles. The van der Waals surface area contributed by atoms with Crippen LogP contribution in [-0.4, -0.2) is 5.92 Å². The van der Waals surface area contributed by atoms with Crippen molar-refractivity contribution in [1.29, 1.82) is 0 Å². The number of alkyl halides is 3. The van der Waals surface area contributed by atoms with Crippen LogP contribution in [0.3, 0.4) is 0 Å². The number of hydrogen-bond acceptors (Lipinski definition) is 1. The standard InChI is InChI=1S/C9H10BrClF2S/c1-5-3-7(14-8(5)10)6(11)4-9(2,12)13/h3,6H,4H2,1-2H3. The van der Waals surface area contributed by atoms with Gasteiger partial charge in [0.15, 0.2) is 0 Å². The molecule has 0 aliphatic rings. The van der Waals surface area contributed by atoms with Crippen LogP contribution >= 0.6 is 38.9 Å². The average Bonchev–Trinajstić information content (AvgIpc) is 2.28. The molecule has 1 rings (SSSR count). The van der Waals surface area contributed by atoms with E-state index in [1.54, 1.807) is 0 Å². The van der Waals surface area contributed by atoms with E-state index < -0.39 is 11.3 Å². The summed E-state index contributed by atoms with van der Waals surface area (Å²) in [6, 6.07) is 1.85. The third-order valence-electron chi connectivity index (χ3n) is 1.72. The van der Waals surface area contributed by atoms with E-state index in [-0.39, 0.29) is 6.42 Å². The molecule has 0 bridgehead atoms. The molecule has 0 saturated heterocycles. The van der Waals surface area contributed by atoms with Crippen molar-refractivity contribution in [3.05, 3.63) is 20.3 Å². The first-order valence-electron chi connectivity index (χ1n) is 4.07. The topological polar surface area (TPSA) is 0 Å². The normalized spacial score (nSPS) is 14.4. The second-order valence-electron chi connectivity index (χ2n) is 3.35. The molecular formula is C9H10BrClF2S. The molecule has 1 atom stereocenters. The first-order valence-corrected chi connectivity index (χ1v) is 6.12. The van der Waals surface area contributed by atoms with Crippen molar-refractivity contribution in [2.45, 2.75) is 31.6 Å². The predicted molar refractivity (Wildman–Crippen MR) is 60.6 cm³/mol. The van der Waals surface area contributed by atoms with Gasteiger partial charge in [0.1, 0.15) is 0 Å². The molecule has 1 unspecified atom stereocenters. The predicted octanol–water partition coefficient (Wildman–Crippen LogP) is 5.14. The number of thiophene rings is 1. The van der Waals surface area contributed by atoms with Crippen molar-refractivity contribution in [3.63, 3.8) is 0 Å². The Labute approximate surface area is 99.4 Å². The molecule has 1 heterocycles. The Kier molecular flexibility index (Phi) is 3.95. The van der Waals surface area contributed by atoms with Gasteiger partial charge in [0.05, 0.1) is 9.16 Å². The molecule has 0 saturated carbocycles. The lowest BCUT2D eigenvalue weighted by Gasteiger charge is -2.13. The van der Waals surface area contributed by atoms with Crippen molar-refractivity contribution in [3.8, 4) is 0 Å². The molecule has 0 aliphatic carbocycles. The number of hydrogen-bond donors (Lipinski definition) is 0. The zero-order valence-corrected chi connectivity index (χ0v) is 10.9. The Morgan fingerprint density at radius 1 is 1.64 bits per heavy atom. The summed E-state index contributed by atoms with van der Waals surface area (Å²) in [6.07, 6.45) is -0.319. The Morgan fingerprint density at radius 3 is 2.57 bits per heavy atom. The van der Waals surface area contributed by atoms with Crippen LogP contribution in [-0.2, 0) is 0 Å². The van der Waals surface area contributed by atoms with Gasteiger partial charge in [-0.15, -0.1) is 22.9 Å². The number of halogens is 4. The summed E-state index contributed by atoms with van der Waals surface area (Å²) >= 11 is 10.6. The number of aryl methyl sites for hydroxylation is 1. The van der Waals surface area contributed by atoms with Crippen LogP contribution in [0.4, 0.5) is 8.78 Å². The first kappa shape index (κ1) is 12.4. The third kappa shape index (κ3) is 3.48. The fourth-order valence-electron chi connectivity index (χ4n) is 1.05. The van der Waals surface area contributed by atoms with Crippen molar-refractivity contribution in [1.82, 2.24) is 0 Å². The highest BCUT2D eigenvalue weighted by atomic mass is 79.9. The van der Waals surface area contributed by atoms with E-state index in [1.165, 1.54) is 11.3 Å². The molecule has 0 N–H and O–H groups in total. The second-order valence-corrected chi connectivity index (χ2v) is 6.28. The van der Waals surface area contributed by atoms with Crippen LogP contribution in [0.15, 0.2) is 9.85 Å². The summed E-state index contributed by atoms with van der Waals surface area (Å²) in [4.78, 5) is 0.789. The highest BCUT2D eigenvalue weighted by Crippen LogP contribution is 2.39. The van der Waals surface area contributed by atoms with Crippen LogP contribution in [0.25, 0.3) is 0 Å². The molecule has 5 heteroatoms. The monoisotopic (exact) mass is 302 g/mol. The van der Waals surface area contributed by atoms with Gasteiger partial charge in [-0.3, -0.25) is 0 Å². The van der Waals surface area contributed by atoms with Gasteiger partial charge < -0.3 is 0 Å². The maximum Gasteiger partial charge on any atom is 0.247 e. The lowest BCUT2D eigenvalue weighted by molar-refractivity contribution is 0.0122. The molecular weight excluding hydrogens is 294 g/mol. The van der Waals surface area contributed by atoms with Crippen molar-refractivity contribution in [2.75, 3.05) is 0 Å². The molecule has 0 fully saturated rings. The maximum absolute atomic E-state index is 12.7. The fraction of sp³-hybridized carbons (Fsp3) is 0.556. The van der Waals surface area contributed by atoms with Crippen molar-refractivity contribution < 1.29 is 8.78 Å². The fourth-order valence-corrected chi connectivity index (χ4v) is 3.07. The summed E-state index contributed by atoms with van der Waals surface area (Å²) in [5.41, 5.74) is 1.04. The minimum Gasteiger partial charge on any atom is -0.207 e. The lowest BCUT2D eigenvalue weighted by atomic mass is 10.1. The highest BCUT2D eigenvalue weighted by Gasteiger charge is 2.27. The van der Waals surface area contributed by atoms with Crippen LogP contribution in [0.1, 0.15) is 29.2 Å². The van der Waals surface area contributed by atoms with Gasteiger partial charge in [-0.1, -0.05) is 0 Å². The van der Waals surface area contributed by atoms with E-state index >= 15 is 0 Å². The molecule has 1 aromatic heterocycles. The van der Waals surface area contributed by atoms with E-state index in [2.05, 4.69) is 15.9 Å². The van der Waals surface area contributed by atoms with Gasteiger partial charge in [0.2, 0.25) is 5.92 Å². The van der Waals surface area contributed by atoms with Crippen LogP contribution in [0, 0.1) is 6.92 Å². The Morgan fingerprint density at radius 2 is 2.21 bits per heavy atom. The van der Waals surface area contributed by atoms with Crippen LogP contribution < -0.4 is 0 Å². The molecule has 0 amide bonds.